The van der Waals surface area contributed by atoms with E-state index in [1.54, 1.807) is 0 Å². The van der Waals surface area contributed by atoms with Gasteiger partial charge in [0.05, 0.1) is 0 Å². The van der Waals surface area contributed by atoms with Crippen LogP contribution in [0, 0.1) is 0 Å². The van der Waals surface area contributed by atoms with Crippen LogP contribution in [0.15, 0.2) is 0 Å². The predicted octanol–water partition coefficient (Wildman–Crippen LogP) is -0.379. The van der Waals surface area contributed by atoms with Crippen molar-refractivity contribution < 1.29 is 4.79 Å². The highest BCUT2D eigenvalue weighted by Crippen LogP contribution is 1.99. The molecule has 0 bridgehead atoms. The second-order valence-electron chi connectivity index (χ2n) is 2.63. The summed E-state index contributed by atoms with van der Waals surface area (Å²) in [7, 11) is 0. The van der Waals surface area contributed by atoms with Gasteiger partial charge >= 0.3 is 6.03 Å². The molecule has 64 valence electrons. The number of amides is 2. The Balaban J connectivity index is 1.88. The Labute approximate surface area is 66.9 Å². The fourth-order valence-corrected chi connectivity index (χ4v) is 0.845. The number of rotatable bonds is 4. The molecule has 1 saturated heterocycles. The van der Waals surface area contributed by atoms with E-state index in [4.69, 9.17) is 0 Å². The summed E-state index contributed by atoms with van der Waals surface area (Å²) in [6, 6.07) is -0.0608. The Bertz CT molecular complexity index is 134. The third-order valence-corrected chi connectivity index (χ3v) is 1.59. The normalized spacial score (nSPS) is 16.1. The second-order valence-corrected chi connectivity index (χ2v) is 2.63. The lowest BCUT2D eigenvalue weighted by Gasteiger charge is -2.04. The molecule has 1 rings (SSSR count). The first-order valence-electron chi connectivity index (χ1n) is 4.07. The van der Waals surface area contributed by atoms with Crippen molar-refractivity contribution in [1.29, 1.82) is 0 Å². The molecule has 4 heteroatoms. The van der Waals surface area contributed by atoms with Gasteiger partial charge in [-0.15, -0.1) is 0 Å². The standard InChI is InChI=1S/C7H15N3O/c1-2-8-7(11)9-3-4-10-5-6-10/h2-6H2,1H3,(H2,8,9,11). The maximum absolute atomic E-state index is 10.8. The molecule has 2 amide bonds. The zero-order valence-electron chi connectivity index (χ0n) is 6.89. The van der Waals surface area contributed by atoms with Gasteiger partial charge in [0, 0.05) is 32.7 Å². The summed E-state index contributed by atoms with van der Waals surface area (Å²) in [6.07, 6.45) is 0. The Kier molecular flexibility index (Phi) is 3.16. The molecule has 11 heavy (non-hydrogen) atoms. The lowest BCUT2D eigenvalue weighted by Crippen LogP contribution is -2.37. The van der Waals surface area contributed by atoms with E-state index in [0.29, 0.717) is 6.54 Å². The van der Waals surface area contributed by atoms with Gasteiger partial charge in [0.25, 0.3) is 0 Å². The van der Waals surface area contributed by atoms with Crippen LogP contribution in [-0.4, -0.2) is 43.7 Å². The second kappa shape index (κ2) is 4.18. The first-order valence-corrected chi connectivity index (χ1v) is 4.07. The van der Waals surface area contributed by atoms with Gasteiger partial charge in [0.2, 0.25) is 0 Å². The van der Waals surface area contributed by atoms with E-state index in [1.807, 2.05) is 6.92 Å². The first-order chi connectivity index (χ1) is 5.33. The molecular weight excluding hydrogens is 142 g/mol. The van der Waals surface area contributed by atoms with Crippen molar-refractivity contribution in [2.45, 2.75) is 6.92 Å². The van der Waals surface area contributed by atoms with E-state index in [0.717, 1.165) is 13.1 Å². The van der Waals surface area contributed by atoms with E-state index in [-0.39, 0.29) is 6.03 Å². The average Bonchev–Trinajstić information content (AvgIpc) is 2.72. The van der Waals surface area contributed by atoms with Gasteiger partial charge in [-0.05, 0) is 6.92 Å². The van der Waals surface area contributed by atoms with Gasteiger partial charge in [-0.2, -0.15) is 0 Å². The number of carbonyl (C=O) groups is 1. The number of nitrogens with one attached hydrogen (secondary N) is 2. The van der Waals surface area contributed by atoms with Crippen LogP contribution in [-0.2, 0) is 0 Å². The van der Waals surface area contributed by atoms with Crippen molar-refractivity contribution in [2.24, 2.45) is 0 Å². The van der Waals surface area contributed by atoms with E-state index in [9.17, 15) is 4.79 Å². The molecule has 0 saturated carbocycles. The van der Waals surface area contributed by atoms with Crippen molar-refractivity contribution in [3.63, 3.8) is 0 Å². The zero-order chi connectivity index (χ0) is 8.10. The van der Waals surface area contributed by atoms with Crippen molar-refractivity contribution in [3.05, 3.63) is 0 Å². The highest BCUT2D eigenvalue weighted by Gasteiger charge is 2.15. The minimum Gasteiger partial charge on any atom is -0.338 e. The average molecular weight is 157 g/mol. The van der Waals surface area contributed by atoms with Crippen LogP contribution in [0.3, 0.4) is 0 Å². The third kappa shape index (κ3) is 3.83. The van der Waals surface area contributed by atoms with Crippen LogP contribution in [0.5, 0.6) is 0 Å². The van der Waals surface area contributed by atoms with Crippen molar-refractivity contribution in [3.8, 4) is 0 Å². The molecule has 1 aliphatic heterocycles. The third-order valence-electron chi connectivity index (χ3n) is 1.59. The van der Waals surface area contributed by atoms with Crippen LogP contribution in [0.4, 0.5) is 4.79 Å². The summed E-state index contributed by atoms with van der Waals surface area (Å²) in [5.41, 5.74) is 0. The summed E-state index contributed by atoms with van der Waals surface area (Å²) in [6.45, 7) is 6.72. The highest BCUT2D eigenvalue weighted by molar-refractivity contribution is 5.73. The van der Waals surface area contributed by atoms with Crippen LogP contribution in [0.1, 0.15) is 6.92 Å². The van der Waals surface area contributed by atoms with E-state index in [2.05, 4.69) is 15.5 Å². The zero-order valence-corrected chi connectivity index (χ0v) is 6.89. The SMILES string of the molecule is CCNC(=O)NCCN1CC1. The summed E-state index contributed by atoms with van der Waals surface area (Å²) < 4.78 is 0. The monoisotopic (exact) mass is 157 g/mol. The molecule has 0 unspecified atom stereocenters. The van der Waals surface area contributed by atoms with Gasteiger partial charge in [-0.3, -0.25) is 4.90 Å². The van der Waals surface area contributed by atoms with E-state index in [1.165, 1.54) is 13.1 Å². The fourth-order valence-electron chi connectivity index (χ4n) is 0.845. The van der Waals surface area contributed by atoms with Gasteiger partial charge in [0.1, 0.15) is 0 Å². The molecular formula is C7H15N3O. The van der Waals surface area contributed by atoms with Gasteiger partial charge < -0.3 is 10.6 Å². The Hall–Kier alpha value is -0.770. The molecule has 0 radical (unpaired) electrons. The molecule has 0 aromatic carbocycles. The van der Waals surface area contributed by atoms with Gasteiger partial charge in [-0.25, -0.2) is 4.79 Å². The van der Waals surface area contributed by atoms with Crippen LogP contribution < -0.4 is 10.6 Å². The number of hydrogen-bond acceptors (Lipinski definition) is 2. The first kappa shape index (κ1) is 8.33. The Morgan fingerprint density at radius 3 is 2.73 bits per heavy atom. The molecule has 1 heterocycles. The van der Waals surface area contributed by atoms with Gasteiger partial charge in [0.15, 0.2) is 0 Å². The van der Waals surface area contributed by atoms with Crippen LogP contribution in [0.2, 0.25) is 0 Å². The highest BCUT2D eigenvalue weighted by atomic mass is 16.2. The predicted molar refractivity (Wildman–Crippen MR) is 43.5 cm³/mol. The summed E-state index contributed by atoms with van der Waals surface area (Å²) in [5, 5.41) is 5.43. The summed E-state index contributed by atoms with van der Waals surface area (Å²) in [5.74, 6) is 0. The van der Waals surface area contributed by atoms with Crippen LogP contribution in [0.25, 0.3) is 0 Å². The maximum atomic E-state index is 10.8. The maximum Gasteiger partial charge on any atom is 0.314 e. The molecule has 0 spiro atoms. The fraction of sp³-hybridized carbons (Fsp3) is 0.857. The molecule has 1 fully saturated rings. The molecule has 0 aromatic heterocycles. The summed E-state index contributed by atoms with van der Waals surface area (Å²) >= 11 is 0. The van der Waals surface area contributed by atoms with Crippen molar-refractivity contribution in [2.75, 3.05) is 32.7 Å². The Morgan fingerprint density at radius 1 is 1.45 bits per heavy atom. The van der Waals surface area contributed by atoms with Crippen LogP contribution >= 0.6 is 0 Å². The lowest BCUT2D eigenvalue weighted by atomic mass is 10.6. The minimum absolute atomic E-state index is 0.0608. The number of nitrogens with zero attached hydrogens (tertiary/aromatic N) is 1. The topological polar surface area (TPSA) is 44.1 Å². The number of hydrogen-bond donors (Lipinski definition) is 2. The molecule has 4 nitrogen and oxygen atoms in total. The molecule has 1 aliphatic rings. The largest absolute Gasteiger partial charge is 0.338 e. The van der Waals surface area contributed by atoms with Crippen molar-refractivity contribution >= 4 is 6.03 Å². The molecule has 0 atom stereocenters. The Morgan fingerprint density at radius 2 is 2.18 bits per heavy atom. The number of urea groups is 1. The van der Waals surface area contributed by atoms with E-state index < -0.39 is 0 Å². The number of carbonyl (C=O) groups excluding carboxylic acids is 1. The molecule has 0 aliphatic carbocycles. The minimum atomic E-state index is -0.0608. The van der Waals surface area contributed by atoms with Gasteiger partial charge in [-0.1, -0.05) is 0 Å². The smallest absolute Gasteiger partial charge is 0.314 e. The van der Waals surface area contributed by atoms with E-state index >= 15 is 0 Å². The molecule has 0 aromatic rings. The van der Waals surface area contributed by atoms with Crippen molar-refractivity contribution in [1.82, 2.24) is 15.5 Å². The lowest BCUT2D eigenvalue weighted by molar-refractivity contribution is 0.241. The summed E-state index contributed by atoms with van der Waals surface area (Å²) in [4.78, 5) is 13.1. The quantitative estimate of drug-likeness (QED) is 0.546. The molecule has 2 N–H and O–H groups in total.